The molecule has 0 spiro atoms. The average Bonchev–Trinajstić information content (AvgIpc) is 2.40. The molecular formula is C12H12F3N3O5S. The lowest BCUT2D eigenvalue weighted by atomic mass is 10.00. The van der Waals surface area contributed by atoms with Gasteiger partial charge in [0.15, 0.2) is 0 Å². The summed E-state index contributed by atoms with van der Waals surface area (Å²) in [5.41, 5.74) is -4.65. The third-order valence-corrected chi connectivity index (χ3v) is 3.59. The van der Waals surface area contributed by atoms with Gasteiger partial charge in [-0.2, -0.15) is 17.8 Å². The van der Waals surface area contributed by atoms with Crippen molar-refractivity contribution >= 4 is 20.9 Å². The molecule has 8 nitrogen and oxygen atoms in total. The fourth-order valence-corrected chi connectivity index (χ4v) is 2.62. The molecule has 0 aliphatic heterocycles. The van der Waals surface area contributed by atoms with Gasteiger partial charge < -0.3 is 10.1 Å². The molecule has 1 atom stereocenters. The molecule has 1 aromatic carbocycles. The molecule has 1 heterocycles. The summed E-state index contributed by atoms with van der Waals surface area (Å²) in [6.45, 7) is 1.08. The van der Waals surface area contributed by atoms with Crippen molar-refractivity contribution in [1.29, 1.82) is 0 Å². The van der Waals surface area contributed by atoms with E-state index >= 15 is 0 Å². The highest BCUT2D eigenvalue weighted by Crippen LogP contribution is 2.36. The number of H-pyrrole nitrogens is 1. The van der Waals surface area contributed by atoms with Gasteiger partial charge in [-0.25, -0.2) is 18.0 Å². The minimum Gasteiger partial charge on any atom is -0.389 e. The number of benzene rings is 1. The summed E-state index contributed by atoms with van der Waals surface area (Å²) in [4.78, 5) is 27.6. The standard InChI is InChI=1S/C12H12F3N3O5S/c1-5(19)6-3-7-9(4-8(6)12(13,14)15)16-11(21)18(10(7)20)17-24(2,22)23/h3-5,17,19H,1-2H3,(H,16,21)/t5-/m0/s1. The molecule has 0 unspecified atom stereocenters. The second-order valence-electron chi connectivity index (χ2n) is 5.09. The van der Waals surface area contributed by atoms with Gasteiger partial charge in [0.2, 0.25) is 10.0 Å². The zero-order valence-electron chi connectivity index (χ0n) is 12.3. The first-order valence-electron chi connectivity index (χ1n) is 6.37. The number of nitrogens with zero attached hydrogens (tertiary/aromatic N) is 1. The van der Waals surface area contributed by atoms with Crippen LogP contribution >= 0.6 is 0 Å². The normalized spacial score (nSPS) is 13.9. The number of halogens is 3. The summed E-state index contributed by atoms with van der Waals surface area (Å²) in [6.07, 6.45) is -5.68. The number of hydrogen-bond donors (Lipinski definition) is 3. The predicted octanol–water partition coefficient (Wildman–Crippen LogP) is 0.265. The van der Waals surface area contributed by atoms with Gasteiger partial charge in [0.05, 0.1) is 28.8 Å². The Hall–Kier alpha value is -2.34. The first-order chi connectivity index (χ1) is 10.8. The summed E-state index contributed by atoms with van der Waals surface area (Å²) in [5, 5.41) is 9.14. The molecule has 1 aromatic heterocycles. The van der Waals surface area contributed by atoms with Gasteiger partial charge in [0, 0.05) is 0 Å². The summed E-state index contributed by atoms with van der Waals surface area (Å²) in [5.74, 6) is 0. The van der Waals surface area contributed by atoms with Crippen LogP contribution in [0.4, 0.5) is 13.2 Å². The molecule has 0 radical (unpaired) electrons. The molecule has 0 fully saturated rings. The Morgan fingerprint density at radius 3 is 2.33 bits per heavy atom. The molecule has 2 rings (SSSR count). The Balaban J connectivity index is 2.90. The summed E-state index contributed by atoms with van der Waals surface area (Å²) in [6, 6.07) is 1.28. The number of aliphatic hydroxyl groups excluding tert-OH is 1. The third kappa shape index (κ3) is 3.43. The Morgan fingerprint density at radius 1 is 1.29 bits per heavy atom. The van der Waals surface area contributed by atoms with Gasteiger partial charge in [-0.3, -0.25) is 4.79 Å². The van der Waals surface area contributed by atoms with Crippen molar-refractivity contribution in [3.05, 3.63) is 44.1 Å². The Labute approximate surface area is 132 Å². The van der Waals surface area contributed by atoms with Crippen LogP contribution in [-0.2, 0) is 16.2 Å². The van der Waals surface area contributed by atoms with E-state index < -0.39 is 55.6 Å². The number of aliphatic hydroxyl groups is 1. The van der Waals surface area contributed by atoms with Gasteiger partial charge in [-0.1, -0.05) is 0 Å². The molecule has 0 saturated heterocycles. The summed E-state index contributed by atoms with van der Waals surface area (Å²) in [7, 11) is -3.99. The molecule has 0 aliphatic carbocycles. The van der Waals surface area contributed by atoms with E-state index in [1.807, 2.05) is 4.98 Å². The highest BCUT2D eigenvalue weighted by Gasteiger charge is 2.35. The van der Waals surface area contributed by atoms with Crippen LogP contribution in [0.15, 0.2) is 21.7 Å². The lowest BCUT2D eigenvalue weighted by Crippen LogP contribution is -2.43. The average molecular weight is 367 g/mol. The van der Waals surface area contributed by atoms with E-state index in [0.717, 1.165) is 13.0 Å². The van der Waals surface area contributed by atoms with Crippen LogP contribution < -0.4 is 16.1 Å². The van der Waals surface area contributed by atoms with Crippen molar-refractivity contribution in [1.82, 2.24) is 9.66 Å². The maximum atomic E-state index is 13.1. The maximum absolute atomic E-state index is 13.1. The number of nitrogens with one attached hydrogen (secondary N) is 2. The number of aromatic nitrogens is 2. The smallest absolute Gasteiger partial charge is 0.389 e. The van der Waals surface area contributed by atoms with Crippen molar-refractivity contribution in [3.63, 3.8) is 0 Å². The van der Waals surface area contributed by atoms with Crippen molar-refractivity contribution < 1.29 is 26.7 Å². The molecule has 2 aromatic rings. The first-order valence-corrected chi connectivity index (χ1v) is 8.26. The van der Waals surface area contributed by atoms with Crippen LogP contribution in [0.5, 0.6) is 0 Å². The van der Waals surface area contributed by atoms with E-state index in [-0.39, 0.29) is 4.68 Å². The third-order valence-electron chi connectivity index (χ3n) is 3.08. The van der Waals surface area contributed by atoms with E-state index in [0.29, 0.717) is 12.3 Å². The van der Waals surface area contributed by atoms with Crippen LogP contribution in [-0.4, -0.2) is 29.4 Å². The van der Waals surface area contributed by atoms with Crippen molar-refractivity contribution in [2.75, 3.05) is 11.1 Å². The van der Waals surface area contributed by atoms with E-state index in [1.165, 1.54) is 0 Å². The number of alkyl halides is 3. The maximum Gasteiger partial charge on any atom is 0.416 e. The van der Waals surface area contributed by atoms with Crippen LogP contribution in [0, 0.1) is 0 Å². The monoisotopic (exact) mass is 367 g/mol. The number of fused-ring (bicyclic) bond motifs is 1. The molecule has 24 heavy (non-hydrogen) atoms. The molecule has 0 amide bonds. The van der Waals surface area contributed by atoms with E-state index in [1.54, 1.807) is 4.83 Å². The summed E-state index contributed by atoms with van der Waals surface area (Å²) >= 11 is 0. The Kier molecular flexibility index (Phi) is 4.22. The molecule has 0 bridgehead atoms. The fourth-order valence-electron chi connectivity index (χ4n) is 2.12. The molecule has 3 N–H and O–H groups in total. The van der Waals surface area contributed by atoms with Crippen LogP contribution in [0.3, 0.4) is 0 Å². The predicted molar refractivity (Wildman–Crippen MR) is 78.7 cm³/mol. The first kappa shape index (κ1) is 18.0. The van der Waals surface area contributed by atoms with Crippen LogP contribution in [0.1, 0.15) is 24.2 Å². The van der Waals surface area contributed by atoms with Gasteiger partial charge in [-0.05, 0) is 24.6 Å². The second-order valence-corrected chi connectivity index (χ2v) is 6.82. The van der Waals surface area contributed by atoms with E-state index in [9.17, 15) is 36.3 Å². The van der Waals surface area contributed by atoms with Crippen LogP contribution in [0.25, 0.3) is 10.9 Å². The van der Waals surface area contributed by atoms with Crippen molar-refractivity contribution in [3.8, 4) is 0 Å². The minimum absolute atomic E-state index is 0.122. The van der Waals surface area contributed by atoms with Crippen LogP contribution in [0.2, 0.25) is 0 Å². The Bertz CT molecular complexity index is 1020. The minimum atomic E-state index is -4.82. The van der Waals surface area contributed by atoms with E-state index in [2.05, 4.69) is 0 Å². The highest BCUT2D eigenvalue weighted by molar-refractivity contribution is 7.91. The van der Waals surface area contributed by atoms with Gasteiger partial charge >= 0.3 is 11.9 Å². The molecule has 0 saturated carbocycles. The Morgan fingerprint density at radius 2 is 1.88 bits per heavy atom. The van der Waals surface area contributed by atoms with Crippen molar-refractivity contribution in [2.24, 2.45) is 0 Å². The van der Waals surface area contributed by atoms with Gasteiger partial charge in [0.25, 0.3) is 5.56 Å². The topological polar surface area (TPSA) is 121 Å². The number of aromatic amines is 1. The molecule has 12 heteroatoms. The van der Waals surface area contributed by atoms with Gasteiger partial charge in [0.1, 0.15) is 0 Å². The highest BCUT2D eigenvalue weighted by atomic mass is 32.2. The second kappa shape index (κ2) is 5.63. The lowest BCUT2D eigenvalue weighted by molar-refractivity contribution is -0.139. The fraction of sp³-hybridized carbons (Fsp3) is 0.333. The van der Waals surface area contributed by atoms with E-state index in [4.69, 9.17) is 0 Å². The molecule has 132 valence electrons. The lowest BCUT2D eigenvalue weighted by Gasteiger charge is -2.16. The van der Waals surface area contributed by atoms with Crippen molar-refractivity contribution in [2.45, 2.75) is 19.2 Å². The molecular weight excluding hydrogens is 355 g/mol. The summed E-state index contributed by atoms with van der Waals surface area (Å²) < 4.78 is 61.7. The zero-order valence-corrected chi connectivity index (χ0v) is 13.1. The number of hydrogen-bond acceptors (Lipinski definition) is 5. The largest absolute Gasteiger partial charge is 0.416 e. The molecule has 0 aliphatic rings. The number of rotatable bonds is 3. The zero-order chi connectivity index (χ0) is 18.4. The SMILES string of the molecule is C[C@H](O)c1cc2c(=O)n(NS(C)(=O)=O)c(=O)[nH]c2cc1C(F)(F)F. The van der Waals surface area contributed by atoms with Gasteiger partial charge in [-0.15, -0.1) is 0 Å². The number of sulfonamides is 1. The quantitative estimate of drug-likeness (QED) is 0.719.